The first-order chi connectivity index (χ1) is 8.17. The van der Waals surface area contributed by atoms with Crippen molar-refractivity contribution >= 4 is 5.97 Å². The van der Waals surface area contributed by atoms with Crippen LogP contribution in [0.15, 0.2) is 24.5 Å². The van der Waals surface area contributed by atoms with Gasteiger partial charge in [-0.15, -0.1) is 0 Å². The molecule has 3 heteroatoms. The zero-order valence-electron chi connectivity index (χ0n) is 9.85. The fraction of sp³-hybridized carbons (Fsp3) is 0.571. The van der Waals surface area contributed by atoms with Crippen molar-refractivity contribution in [2.45, 2.75) is 43.9 Å². The third-order valence-electron chi connectivity index (χ3n) is 4.99. The van der Waals surface area contributed by atoms with Crippen LogP contribution in [0, 0.1) is 5.41 Å². The number of rotatable bonds is 2. The number of aromatic nitrogens is 1. The molecule has 90 valence electrons. The normalized spacial score (nSPS) is 35.8. The average molecular weight is 231 g/mol. The van der Waals surface area contributed by atoms with Crippen molar-refractivity contribution in [3.8, 4) is 0 Å². The Kier molecular flexibility index (Phi) is 2.25. The SMILES string of the molecule is O=C(O)C12CCC(c3ccncc3)(CC1)CC2. The number of pyridine rings is 1. The molecule has 4 rings (SSSR count). The highest BCUT2D eigenvalue weighted by Crippen LogP contribution is 2.57. The minimum absolute atomic E-state index is 0.236. The van der Waals surface area contributed by atoms with Crippen molar-refractivity contribution in [1.29, 1.82) is 0 Å². The highest BCUT2D eigenvalue weighted by molar-refractivity contribution is 5.75. The summed E-state index contributed by atoms with van der Waals surface area (Å²) in [7, 11) is 0. The summed E-state index contributed by atoms with van der Waals surface area (Å²) in [5.74, 6) is -0.583. The summed E-state index contributed by atoms with van der Waals surface area (Å²) in [6.45, 7) is 0. The molecule has 3 fully saturated rings. The van der Waals surface area contributed by atoms with E-state index in [1.54, 1.807) is 0 Å². The molecule has 1 aromatic rings. The molecule has 2 bridgehead atoms. The van der Waals surface area contributed by atoms with Gasteiger partial charge in [0.2, 0.25) is 0 Å². The summed E-state index contributed by atoms with van der Waals surface area (Å²) in [5, 5.41) is 9.36. The van der Waals surface area contributed by atoms with Gasteiger partial charge in [0.25, 0.3) is 0 Å². The second-order valence-electron chi connectivity index (χ2n) is 5.60. The summed E-state index contributed by atoms with van der Waals surface area (Å²) in [5.41, 5.74) is 1.18. The topological polar surface area (TPSA) is 50.2 Å². The van der Waals surface area contributed by atoms with Crippen LogP contribution in [-0.4, -0.2) is 16.1 Å². The van der Waals surface area contributed by atoms with Gasteiger partial charge in [-0.3, -0.25) is 9.78 Å². The number of carboxylic acids is 1. The lowest BCUT2D eigenvalue weighted by atomic mass is 9.52. The molecule has 0 radical (unpaired) electrons. The minimum Gasteiger partial charge on any atom is -0.481 e. The van der Waals surface area contributed by atoms with Crippen molar-refractivity contribution in [2.75, 3.05) is 0 Å². The Balaban J connectivity index is 1.89. The molecule has 1 N–H and O–H groups in total. The van der Waals surface area contributed by atoms with Crippen LogP contribution in [-0.2, 0) is 10.2 Å². The molecular weight excluding hydrogens is 214 g/mol. The van der Waals surface area contributed by atoms with Crippen molar-refractivity contribution < 1.29 is 9.90 Å². The molecule has 0 saturated heterocycles. The van der Waals surface area contributed by atoms with Gasteiger partial charge in [-0.2, -0.15) is 0 Å². The molecular formula is C14H17NO2. The quantitative estimate of drug-likeness (QED) is 0.851. The maximum absolute atomic E-state index is 11.4. The molecule has 0 atom stereocenters. The van der Waals surface area contributed by atoms with Gasteiger partial charge in [-0.05, 0) is 61.6 Å². The van der Waals surface area contributed by atoms with Crippen LogP contribution in [0.3, 0.4) is 0 Å². The Bertz CT molecular complexity index is 416. The molecule has 3 aliphatic rings. The second-order valence-corrected chi connectivity index (χ2v) is 5.60. The van der Waals surface area contributed by atoms with Crippen LogP contribution in [0.5, 0.6) is 0 Å². The Morgan fingerprint density at radius 1 is 1.06 bits per heavy atom. The van der Waals surface area contributed by atoms with E-state index in [0.29, 0.717) is 0 Å². The largest absolute Gasteiger partial charge is 0.481 e. The van der Waals surface area contributed by atoms with Crippen molar-refractivity contribution in [1.82, 2.24) is 4.98 Å². The van der Waals surface area contributed by atoms with E-state index in [9.17, 15) is 9.90 Å². The Labute approximate surface area is 101 Å². The summed E-state index contributed by atoms with van der Waals surface area (Å²) in [4.78, 5) is 15.4. The Morgan fingerprint density at radius 3 is 2.06 bits per heavy atom. The molecule has 0 aromatic carbocycles. The van der Waals surface area contributed by atoms with E-state index in [4.69, 9.17) is 0 Å². The summed E-state index contributed by atoms with van der Waals surface area (Å²) < 4.78 is 0. The molecule has 17 heavy (non-hydrogen) atoms. The van der Waals surface area contributed by atoms with Crippen LogP contribution < -0.4 is 0 Å². The number of hydrogen-bond donors (Lipinski definition) is 1. The van der Waals surface area contributed by atoms with Gasteiger partial charge in [0, 0.05) is 12.4 Å². The van der Waals surface area contributed by atoms with Gasteiger partial charge in [0.1, 0.15) is 0 Å². The maximum atomic E-state index is 11.4. The van der Waals surface area contributed by atoms with E-state index in [1.165, 1.54) is 5.56 Å². The van der Waals surface area contributed by atoms with Crippen LogP contribution in [0.25, 0.3) is 0 Å². The fourth-order valence-electron chi connectivity index (χ4n) is 3.64. The number of carbonyl (C=O) groups is 1. The number of hydrogen-bond acceptors (Lipinski definition) is 2. The van der Waals surface area contributed by atoms with E-state index in [-0.39, 0.29) is 5.41 Å². The van der Waals surface area contributed by atoms with Gasteiger partial charge in [-0.25, -0.2) is 0 Å². The number of nitrogens with zero attached hydrogens (tertiary/aromatic N) is 1. The van der Waals surface area contributed by atoms with Gasteiger partial charge in [0.05, 0.1) is 5.41 Å². The zero-order chi connectivity index (χ0) is 11.9. The van der Waals surface area contributed by atoms with Crippen LogP contribution in [0.1, 0.15) is 44.1 Å². The molecule has 3 saturated carbocycles. The predicted octanol–water partition coefficient (Wildman–Crippen LogP) is 2.76. The standard InChI is InChI=1S/C14H17NO2/c16-12(17)14-6-3-13(4-7-14,5-8-14)11-1-9-15-10-2-11/h1-2,9-10H,3-8H2,(H,16,17). The van der Waals surface area contributed by atoms with Crippen LogP contribution >= 0.6 is 0 Å². The molecule has 0 aliphatic heterocycles. The third kappa shape index (κ3) is 1.48. The molecule has 3 nitrogen and oxygen atoms in total. The lowest BCUT2D eigenvalue weighted by molar-refractivity contribution is -0.156. The lowest BCUT2D eigenvalue weighted by Gasteiger charge is -2.51. The molecule has 0 unspecified atom stereocenters. The van der Waals surface area contributed by atoms with E-state index in [1.807, 2.05) is 12.4 Å². The number of aliphatic carboxylic acids is 1. The summed E-state index contributed by atoms with van der Waals surface area (Å²) in [6.07, 6.45) is 9.26. The van der Waals surface area contributed by atoms with Crippen LogP contribution in [0.2, 0.25) is 0 Å². The smallest absolute Gasteiger partial charge is 0.309 e. The van der Waals surface area contributed by atoms with Gasteiger partial charge in [-0.1, -0.05) is 0 Å². The molecule has 1 aromatic heterocycles. The lowest BCUT2D eigenvalue weighted by Crippen LogP contribution is -2.47. The predicted molar refractivity (Wildman–Crippen MR) is 63.7 cm³/mol. The highest BCUT2D eigenvalue weighted by Gasteiger charge is 2.52. The van der Waals surface area contributed by atoms with Gasteiger partial charge in [0.15, 0.2) is 0 Å². The second kappa shape index (κ2) is 3.56. The van der Waals surface area contributed by atoms with Crippen molar-refractivity contribution in [3.05, 3.63) is 30.1 Å². The van der Waals surface area contributed by atoms with Gasteiger partial charge < -0.3 is 5.11 Å². The van der Waals surface area contributed by atoms with E-state index in [0.717, 1.165) is 38.5 Å². The monoisotopic (exact) mass is 231 g/mol. The van der Waals surface area contributed by atoms with E-state index >= 15 is 0 Å². The first-order valence-electron chi connectivity index (χ1n) is 6.31. The van der Waals surface area contributed by atoms with Crippen LogP contribution in [0.4, 0.5) is 0 Å². The zero-order valence-corrected chi connectivity index (χ0v) is 9.85. The first-order valence-corrected chi connectivity index (χ1v) is 6.31. The summed E-state index contributed by atoms with van der Waals surface area (Å²) in [6, 6.07) is 4.19. The van der Waals surface area contributed by atoms with Gasteiger partial charge >= 0.3 is 5.97 Å². The minimum atomic E-state index is -0.583. The first kappa shape index (κ1) is 10.8. The average Bonchev–Trinajstić information content (AvgIpc) is 2.42. The van der Waals surface area contributed by atoms with E-state index in [2.05, 4.69) is 17.1 Å². The Hall–Kier alpha value is -1.38. The maximum Gasteiger partial charge on any atom is 0.309 e. The van der Waals surface area contributed by atoms with Crippen molar-refractivity contribution in [2.24, 2.45) is 5.41 Å². The highest BCUT2D eigenvalue weighted by atomic mass is 16.4. The third-order valence-corrected chi connectivity index (χ3v) is 4.99. The van der Waals surface area contributed by atoms with E-state index < -0.39 is 11.4 Å². The van der Waals surface area contributed by atoms with Crippen molar-refractivity contribution in [3.63, 3.8) is 0 Å². The fourth-order valence-corrected chi connectivity index (χ4v) is 3.64. The summed E-state index contributed by atoms with van der Waals surface area (Å²) >= 11 is 0. The molecule has 0 amide bonds. The molecule has 3 aliphatic carbocycles. The molecule has 0 spiro atoms. The number of carboxylic acid groups (broad SMARTS) is 1. The Morgan fingerprint density at radius 2 is 1.59 bits per heavy atom. The molecule has 1 heterocycles. The number of fused-ring (bicyclic) bond motifs is 3.